The number of amides is 1. The molecule has 0 bridgehead atoms. The number of aryl methyl sites for hydroxylation is 1. The van der Waals surface area contributed by atoms with Crippen LogP contribution in [-0.4, -0.2) is 28.0 Å². The van der Waals surface area contributed by atoms with E-state index in [0.29, 0.717) is 15.7 Å². The molecule has 1 amide bonds. The van der Waals surface area contributed by atoms with Crippen molar-refractivity contribution in [1.82, 2.24) is 4.98 Å². The normalized spacial score (nSPS) is 11.8. The summed E-state index contributed by atoms with van der Waals surface area (Å²) < 4.78 is 0. The number of thiazole rings is 1. The molecule has 1 aromatic carbocycles. The fourth-order valence-electron chi connectivity index (χ4n) is 1.83. The van der Waals surface area contributed by atoms with Crippen LogP contribution in [0.15, 0.2) is 24.4 Å². The first-order valence-electron chi connectivity index (χ1n) is 7.28. The van der Waals surface area contributed by atoms with Crippen LogP contribution in [0, 0.1) is 6.92 Å². The molecule has 0 aliphatic rings. The predicted molar refractivity (Wildman–Crippen MR) is 91.6 cm³/mol. The number of aromatic carboxylic acids is 1. The van der Waals surface area contributed by atoms with Gasteiger partial charge in [0, 0.05) is 11.7 Å². The van der Waals surface area contributed by atoms with Gasteiger partial charge in [0.25, 0.3) is 5.91 Å². The quantitative estimate of drug-likeness (QED) is 0.751. The number of rotatable bonds is 6. The molecule has 7 heteroatoms. The first kappa shape index (κ1) is 17.0. The Morgan fingerprint density at radius 1 is 1.39 bits per heavy atom. The van der Waals surface area contributed by atoms with Crippen LogP contribution in [0.2, 0.25) is 0 Å². The molecule has 0 aliphatic heterocycles. The van der Waals surface area contributed by atoms with Crippen LogP contribution in [0.25, 0.3) is 0 Å². The molecule has 122 valence electrons. The number of aromatic nitrogens is 1. The van der Waals surface area contributed by atoms with Gasteiger partial charge in [0.2, 0.25) is 0 Å². The van der Waals surface area contributed by atoms with E-state index in [-0.39, 0.29) is 17.5 Å². The highest BCUT2D eigenvalue weighted by atomic mass is 32.1. The number of anilines is 2. The lowest BCUT2D eigenvalue weighted by molar-refractivity contribution is 0.0696. The molecule has 1 heterocycles. The highest BCUT2D eigenvalue weighted by Crippen LogP contribution is 2.22. The van der Waals surface area contributed by atoms with Crippen molar-refractivity contribution in [2.24, 2.45) is 0 Å². The van der Waals surface area contributed by atoms with Gasteiger partial charge < -0.3 is 15.7 Å². The van der Waals surface area contributed by atoms with Gasteiger partial charge in [0.05, 0.1) is 11.8 Å². The van der Waals surface area contributed by atoms with Crippen molar-refractivity contribution in [2.75, 3.05) is 10.6 Å². The number of carboxylic acid groups (broad SMARTS) is 1. The van der Waals surface area contributed by atoms with Crippen molar-refractivity contribution in [3.8, 4) is 0 Å². The largest absolute Gasteiger partial charge is 0.478 e. The van der Waals surface area contributed by atoms with E-state index in [1.807, 2.05) is 13.8 Å². The van der Waals surface area contributed by atoms with Gasteiger partial charge in [-0.1, -0.05) is 24.3 Å². The third-order valence-electron chi connectivity index (χ3n) is 3.44. The first-order chi connectivity index (χ1) is 10.9. The Morgan fingerprint density at radius 3 is 2.78 bits per heavy atom. The second kappa shape index (κ2) is 7.23. The van der Waals surface area contributed by atoms with Gasteiger partial charge in [-0.15, -0.1) is 0 Å². The molecule has 23 heavy (non-hydrogen) atoms. The van der Waals surface area contributed by atoms with Crippen LogP contribution in [0.1, 0.15) is 45.9 Å². The highest BCUT2D eigenvalue weighted by molar-refractivity contribution is 7.17. The molecular formula is C16H19N3O3S. The minimum Gasteiger partial charge on any atom is -0.478 e. The summed E-state index contributed by atoms with van der Waals surface area (Å²) in [5.74, 6) is -1.33. The Balaban J connectivity index is 2.13. The summed E-state index contributed by atoms with van der Waals surface area (Å²) in [5, 5.41) is 15.7. The van der Waals surface area contributed by atoms with Gasteiger partial charge in [-0.2, -0.15) is 0 Å². The van der Waals surface area contributed by atoms with Crippen molar-refractivity contribution in [3.63, 3.8) is 0 Å². The molecular weight excluding hydrogens is 314 g/mol. The number of hydrogen-bond donors (Lipinski definition) is 3. The van der Waals surface area contributed by atoms with E-state index in [0.717, 1.165) is 12.0 Å². The molecule has 0 radical (unpaired) electrons. The lowest BCUT2D eigenvalue weighted by atomic mass is 10.1. The van der Waals surface area contributed by atoms with E-state index in [1.165, 1.54) is 29.7 Å². The van der Waals surface area contributed by atoms with Gasteiger partial charge in [0.15, 0.2) is 5.13 Å². The number of nitrogens with one attached hydrogen (secondary N) is 2. The van der Waals surface area contributed by atoms with Crippen LogP contribution < -0.4 is 10.6 Å². The lowest BCUT2D eigenvalue weighted by Crippen LogP contribution is -2.13. The Kier molecular flexibility index (Phi) is 5.33. The number of carbonyl (C=O) groups is 2. The van der Waals surface area contributed by atoms with E-state index >= 15 is 0 Å². The molecule has 0 spiro atoms. The van der Waals surface area contributed by atoms with Crippen LogP contribution in [0.5, 0.6) is 0 Å². The van der Waals surface area contributed by atoms with Gasteiger partial charge in [0.1, 0.15) is 4.88 Å². The maximum atomic E-state index is 12.3. The van der Waals surface area contributed by atoms with Gasteiger partial charge >= 0.3 is 5.97 Å². The maximum absolute atomic E-state index is 12.3. The molecule has 1 aromatic heterocycles. The summed E-state index contributed by atoms with van der Waals surface area (Å²) in [6.45, 7) is 5.92. The molecule has 0 unspecified atom stereocenters. The zero-order valence-electron chi connectivity index (χ0n) is 13.2. The molecule has 0 saturated heterocycles. The van der Waals surface area contributed by atoms with Gasteiger partial charge in [-0.05, 0) is 38.0 Å². The van der Waals surface area contributed by atoms with Crippen molar-refractivity contribution >= 4 is 34.0 Å². The van der Waals surface area contributed by atoms with Crippen molar-refractivity contribution in [1.29, 1.82) is 0 Å². The maximum Gasteiger partial charge on any atom is 0.335 e. The smallest absolute Gasteiger partial charge is 0.335 e. The summed E-state index contributed by atoms with van der Waals surface area (Å²) in [7, 11) is 0. The Hall–Kier alpha value is -2.41. The zero-order valence-corrected chi connectivity index (χ0v) is 14.0. The van der Waals surface area contributed by atoms with E-state index in [9.17, 15) is 9.59 Å². The van der Waals surface area contributed by atoms with Crippen molar-refractivity contribution < 1.29 is 14.7 Å². The van der Waals surface area contributed by atoms with Crippen LogP contribution in [0.4, 0.5) is 10.8 Å². The zero-order chi connectivity index (χ0) is 17.0. The number of nitrogens with zero attached hydrogens (tertiary/aromatic N) is 1. The molecule has 0 saturated carbocycles. The fraction of sp³-hybridized carbons (Fsp3) is 0.312. The van der Waals surface area contributed by atoms with Crippen LogP contribution in [-0.2, 0) is 0 Å². The number of benzene rings is 1. The monoisotopic (exact) mass is 333 g/mol. The SMILES string of the molecule is CC[C@H](C)Nc1ncc(C(=O)Nc2cc(C(=O)O)ccc2C)s1. The highest BCUT2D eigenvalue weighted by Gasteiger charge is 2.14. The molecule has 6 nitrogen and oxygen atoms in total. The summed E-state index contributed by atoms with van der Waals surface area (Å²) in [5.41, 5.74) is 1.42. The molecule has 2 rings (SSSR count). The standard InChI is InChI=1S/C16H19N3O3S/c1-4-10(3)18-16-17-8-13(23-16)14(20)19-12-7-11(15(21)22)6-5-9(12)2/h5-8,10H,4H2,1-3H3,(H,17,18)(H,19,20)(H,21,22)/t10-/m0/s1. The first-order valence-corrected chi connectivity index (χ1v) is 8.10. The lowest BCUT2D eigenvalue weighted by Gasteiger charge is -2.09. The topological polar surface area (TPSA) is 91.3 Å². The number of carbonyl (C=O) groups excluding carboxylic acids is 1. The summed E-state index contributed by atoms with van der Waals surface area (Å²) in [4.78, 5) is 28.0. The van der Waals surface area contributed by atoms with E-state index in [1.54, 1.807) is 6.07 Å². The number of hydrogen-bond acceptors (Lipinski definition) is 5. The van der Waals surface area contributed by atoms with E-state index in [2.05, 4.69) is 22.5 Å². The third-order valence-corrected chi connectivity index (χ3v) is 4.37. The van der Waals surface area contributed by atoms with Crippen molar-refractivity contribution in [3.05, 3.63) is 40.4 Å². The van der Waals surface area contributed by atoms with Gasteiger partial charge in [-0.3, -0.25) is 4.79 Å². The molecule has 1 atom stereocenters. The Bertz CT molecular complexity index is 727. The van der Waals surface area contributed by atoms with Crippen molar-refractivity contribution in [2.45, 2.75) is 33.2 Å². The Morgan fingerprint density at radius 2 is 2.13 bits per heavy atom. The molecule has 0 fully saturated rings. The predicted octanol–water partition coefficient (Wildman–Crippen LogP) is 3.61. The minimum atomic E-state index is -1.03. The van der Waals surface area contributed by atoms with E-state index < -0.39 is 5.97 Å². The Labute approximate surface area is 138 Å². The summed E-state index contributed by atoms with van der Waals surface area (Å²) >= 11 is 1.27. The van der Waals surface area contributed by atoms with Crippen LogP contribution in [0.3, 0.4) is 0 Å². The minimum absolute atomic E-state index is 0.134. The second-order valence-electron chi connectivity index (χ2n) is 5.27. The average Bonchev–Trinajstić information content (AvgIpc) is 2.97. The van der Waals surface area contributed by atoms with Gasteiger partial charge in [-0.25, -0.2) is 9.78 Å². The summed E-state index contributed by atoms with van der Waals surface area (Å²) in [6.07, 6.45) is 2.48. The third kappa shape index (κ3) is 4.29. The molecule has 3 N–H and O–H groups in total. The number of carboxylic acids is 1. The van der Waals surface area contributed by atoms with E-state index in [4.69, 9.17) is 5.11 Å². The summed E-state index contributed by atoms with van der Waals surface area (Å²) in [6, 6.07) is 4.91. The van der Waals surface area contributed by atoms with Crippen LogP contribution >= 0.6 is 11.3 Å². The average molecular weight is 333 g/mol. The second-order valence-corrected chi connectivity index (χ2v) is 6.30. The molecule has 0 aliphatic carbocycles. The molecule has 2 aromatic rings. The fourth-order valence-corrected chi connectivity index (χ4v) is 2.66.